The summed E-state index contributed by atoms with van der Waals surface area (Å²) in [6.07, 6.45) is 49.1. The summed E-state index contributed by atoms with van der Waals surface area (Å²) < 4.78 is 23.2. The molecule has 1 amide bonds. The minimum atomic E-state index is -4.60. The second-order valence-corrected chi connectivity index (χ2v) is 18.9. The van der Waals surface area contributed by atoms with Crippen LogP contribution in [0.4, 0.5) is 0 Å². The molecule has 0 aromatic rings. The van der Waals surface area contributed by atoms with Gasteiger partial charge in [-0.3, -0.25) is 9.36 Å². The fourth-order valence-corrected chi connectivity index (χ4v) is 7.47. The molecule has 0 heterocycles. The number of carbonyl (C=O) groups is 1. The minimum Gasteiger partial charge on any atom is -0.756 e. The zero-order chi connectivity index (χ0) is 42.1. The molecule has 0 aromatic heterocycles. The van der Waals surface area contributed by atoms with Crippen molar-refractivity contribution in [3.8, 4) is 0 Å². The highest BCUT2D eigenvalue weighted by Crippen LogP contribution is 2.38. The van der Waals surface area contributed by atoms with Crippen LogP contribution in [0.15, 0.2) is 36.5 Å². The maximum Gasteiger partial charge on any atom is 0.268 e. The van der Waals surface area contributed by atoms with Gasteiger partial charge in [0.25, 0.3) is 7.82 Å². The van der Waals surface area contributed by atoms with Crippen LogP contribution in [0.5, 0.6) is 0 Å². The van der Waals surface area contributed by atoms with Gasteiger partial charge < -0.3 is 28.8 Å². The fourth-order valence-electron chi connectivity index (χ4n) is 6.75. The normalized spacial score (nSPS) is 14.6. The van der Waals surface area contributed by atoms with E-state index in [1.807, 2.05) is 27.2 Å². The van der Waals surface area contributed by atoms with Crippen LogP contribution in [0, 0.1) is 0 Å². The smallest absolute Gasteiger partial charge is 0.268 e. The number of quaternary nitrogens is 1. The summed E-state index contributed by atoms with van der Waals surface area (Å²) in [5, 5.41) is 13.8. The van der Waals surface area contributed by atoms with Crippen molar-refractivity contribution in [2.24, 2.45) is 0 Å². The average Bonchev–Trinajstić information content (AvgIpc) is 3.16. The second-order valence-electron chi connectivity index (χ2n) is 17.5. The van der Waals surface area contributed by atoms with Gasteiger partial charge in [-0.05, 0) is 57.8 Å². The SMILES string of the molecule is CCCCCC/C=C\CCCCCCCCCC(=O)NC(COP(=O)([O-])OCC[N+](C)(C)C)C(O)/C=C/CC/C=C/CCCCCCCCCCCCCCCC. The number of rotatable bonds is 43. The number of allylic oxidation sites excluding steroid dienone is 5. The van der Waals surface area contributed by atoms with Gasteiger partial charge in [0, 0.05) is 6.42 Å². The van der Waals surface area contributed by atoms with E-state index in [9.17, 15) is 19.4 Å². The number of phosphoric ester groups is 1. The van der Waals surface area contributed by atoms with E-state index >= 15 is 0 Å². The Labute approximate surface area is 353 Å². The number of nitrogens with one attached hydrogen (secondary N) is 1. The standard InChI is InChI=1S/C48H93N2O6P/c1-6-8-10-12-14-16-18-20-22-23-24-25-26-28-29-31-33-35-37-39-41-47(51)46(45-56-57(53,54)55-44-43-50(3,4)5)49-48(52)42-40-38-36-34-32-30-27-21-19-17-15-13-11-9-7-2/h17,19,31,33,39,41,46-47,51H,6-16,18,20-30,32,34-38,40,42-45H2,1-5H3,(H-,49,52,53,54)/b19-17-,33-31+,41-39+. The van der Waals surface area contributed by atoms with E-state index in [0.717, 1.165) is 38.5 Å². The number of aliphatic hydroxyl groups is 1. The Morgan fingerprint density at radius 3 is 1.44 bits per heavy atom. The Morgan fingerprint density at radius 2 is 0.982 bits per heavy atom. The van der Waals surface area contributed by atoms with Crippen molar-refractivity contribution in [2.75, 3.05) is 40.9 Å². The van der Waals surface area contributed by atoms with Crippen LogP contribution >= 0.6 is 7.82 Å². The third-order valence-corrected chi connectivity index (χ3v) is 11.5. The van der Waals surface area contributed by atoms with Gasteiger partial charge in [-0.2, -0.15) is 0 Å². The molecule has 3 atom stereocenters. The third kappa shape index (κ3) is 42.6. The first-order chi connectivity index (χ1) is 27.5. The third-order valence-electron chi connectivity index (χ3n) is 10.6. The van der Waals surface area contributed by atoms with Crippen molar-refractivity contribution in [1.29, 1.82) is 0 Å². The summed E-state index contributed by atoms with van der Waals surface area (Å²) in [5.74, 6) is -0.212. The molecule has 0 aliphatic carbocycles. The number of hydrogen-bond donors (Lipinski definition) is 2. The molecule has 8 nitrogen and oxygen atoms in total. The molecule has 0 rings (SSSR count). The molecule has 9 heteroatoms. The van der Waals surface area contributed by atoms with Gasteiger partial charge in [0.15, 0.2) is 0 Å². The number of aliphatic hydroxyl groups excluding tert-OH is 1. The molecule has 0 spiro atoms. The summed E-state index contributed by atoms with van der Waals surface area (Å²) in [4.78, 5) is 25.3. The zero-order valence-electron chi connectivity index (χ0n) is 38.0. The van der Waals surface area contributed by atoms with E-state index in [4.69, 9.17) is 9.05 Å². The van der Waals surface area contributed by atoms with Gasteiger partial charge in [-0.15, -0.1) is 0 Å². The van der Waals surface area contributed by atoms with Crippen LogP contribution in [0.3, 0.4) is 0 Å². The zero-order valence-corrected chi connectivity index (χ0v) is 38.9. The molecular formula is C48H93N2O6P. The van der Waals surface area contributed by atoms with Crippen LogP contribution < -0.4 is 10.2 Å². The van der Waals surface area contributed by atoms with Crippen LogP contribution in [-0.4, -0.2) is 68.5 Å². The number of unbranched alkanes of at least 4 members (excludes halogenated alkanes) is 26. The summed E-state index contributed by atoms with van der Waals surface area (Å²) in [6.45, 7) is 4.62. The van der Waals surface area contributed by atoms with Crippen molar-refractivity contribution in [3.05, 3.63) is 36.5 Å². The quantitative estimate of drug-likeness (QED) is 0.0274. The molecular weight excluding hydrogens is 732 g/mol. The highest BCUT2D eigenvalue weighted by molar-refractivity contribution is 7.45. The predicted molar refractivity (Wildman–Crippen MR) is 242 cm³/mol. The van der Waals surface area contributed by atoms with E-state index in [2.05, 4.69) is 43.5 Å². The molecule has 2 N–H and O–H groups in total. The number of phosphoric acid groups is 1. The highest BCUT2D eigenvalue weighted by Gasteiger charge is 2.23. The Hall–Kier alpha value is -1.28. The molecule has 0 bridgehead atoms. The highest BCUT2D eigenvalue weighted by atomic mass is 31.2. The van der Waals surface area contributed by atoms with Crippen molar-refractivity contribution < 1.29 is 32.9 Å². The second kappa shape index (κ2) is 40.1. The Bertz CT molecular complexity index is 1030. The van der Waals surface area contributed by atoms with Gasteiger partial charge in [-0.25, -0.2) is 0 Å². The van der Waals surface area contributed by atoms with Crippen molar-refractivity contribution in [3.63, 3.8) is 0 Å². The fraction of sp³-hybridized carbons (Fsp3) is 0.854. The minimum absolute atomic E-state index is 0.00702. The lowest BCUT2D eigenvalue weighted by molar-refractivity contribution is -0.870. The number of amides is 1. The Kier molecular flexibility index (Phi) is 39.2. The van der Waals surface area contributed by atoms with Gasteiger partial charge in [0.2, 0.25) is 5.91 Å². The van der Waals surface area contributed by atoms with E-state index in [1.165, 1.54) is 154 Å². The van der Waals surface area contributed by atoms with Gasteiger partial charge in [0.1, 0.15) is 13.2 Å². The van der Waals surface area contributed by atoms with E-state index in [0.29, 0.717) is 17.4 Å². The molecule has 0 aromatic carbocycles. The van der Waals surface area contributed by atoms with E-state index in [1.54, 1.807) is 6.08 Å². The lowest BCUT2D eigenvalue weighted by Crippen LogP contribution is -2.45. The lowest BCUT2D eigenvalue weighted by Gasteiger charge is -2.29. The first-order valence-electron chi connectivity index (χ1n) is 23.9. The Balaban J connectivity index is 4.42. The van der Waals surface area contributed by atoms with Gasteiger partial charge in [0.05, 0.1) is 39.9 Å². The van der Waals surface area contributed by atoms with Crippen LogP contribution in [0.25, 0.3) is 0 Å². The summed E-state index contributed by atoms with van der Waals surface area (Å²) in [7, 11) is 1.24. The molecule has 3 unspecified atom stereocenters. The molecule has 57 heavy (non-hydrogen) atoms. The molecule has 0 fully saturated rings. The average molecular weight is 825 g/mol. The first-order valence-corrected chi connectivity index (χ1v) is 25.3. The van der Waals surface area contributed by atoms with E-state index < -0.39 is 26.6 Å². The van der Waals surface area contributed by atoms with Crippen molar-refractivity contribution >= 4 is 13.7 Å². The monoisotopic (exact) mass is 825 g/mol. The maximum atomic E-state index is 12.9. The molecule has 0 aliphatic rings. The number of nitrogens with zero attached hydrogens (tertiary/aromatic N) is 1. The summed E-state index contributed by atoms with van der Waals surface area (Å²) in [6, 6.07) is -0.903. The molecule has 0 aliphatic heterocycles. The molecule has 336 valence electrons. The van der Waals surface area contributed by atoms with Crippen molar-refractivity contribution in [1.82, 2.24) is 5.32 Å². The van der Waals surface area contributed by atoms with E-state index in [-0.39, 0.29) is 12.5 Å². The van der Waals surface area contributed by atoms with Crippen LogP contribution in [0.1, 0.15) is 213 Å². The molecule has 0 saturated carbocycles. The predicted octanol–water partition coefficient (Wildman–Crippen LogP) is 12.8. The molecule has 0 saturated heterocycles. The van der Waals surface area contributed by atoms with Gasteiger partial charge >= 0.3 is 0 Å². The van der Waals surface area contributed by atoms with Crippen molar-refractivity contribution in [2.45, 2.75) is 225 Å². The Morgan fingerprint density at radius 1 is 0.596 bits per heavy atom. The number of hydrogen-bond acceptors (Lipinski definition) is 6. The van der Waals surface area contributed by atoms with Gasteiger partial charge in [-0.1, -0.05) is 185 Å². The summed E-state index contributed by atoms with van der Waals surface area (Å²) in [5.41, 5.74) is 0. The van der Waals surface area contributed by atoms with Crippen LogP contribution in [0.2, 0.25) is 0 Å². The lowest BCUT2D eigenvalue weighted by atomic mass is 10.0. The molecule has 0 radical (unpaired) electrons. The number of likely N-dealkylation sites (N-methyl/N-ethyl adjacent to an activating group) is 1. The summed E-state index contributed by atoms with van der Waals surface area (Å²) >= 11 is 0. The topological polar surface area (TPSA) is 108 Å². The van der Waals surface area contributed by atoms with Crippen LogP contribution in [-0.2, 0) is 18.4 Å². The largest absolute Gasteiger partial charge is 0.756 e. The first kappa shape index (κ1) is 55.7. The maximum absolute atomic E-state index is 12.9. The number of carbonyl (C=O) groups excluding carboxylic acids is 1.